The Bertz CT molecular complexity index is 1040. The first-order chi connectivity index (χ1) is 18.3. The van der Waals surface area contributed by atoms with Crippen LogP contribution in [0.2, 0.25) is 0 Å². The molecule has 40 heavy (non-hydrogen) atoms. The number of benzene rings is 1. The zero-order valence-electron chi connectivity index (χ0n) is 22.1. The Labute approximate surface area is 226 Å². The summed E-state index contributed by atoms with van der Waals surface area (Å²) in [6.45, 7) is 3.46. The fraction of sp³-hybridized carbons (Fsp3) is 0.750. The van der Waals surface area contributed by atoms with Crippen LogP contribution in [-0.2, 0) is 16.0 Å². The molecule has 12 heteroatoms. The van der Waals surface area contributed by atoms with Crippen molar-refractivity contribution in [2.24, 2.45) is 29.6 Å². The van der Waals surface area contributed by atoms with Crippen LogP contribution in [-0.4, -0.2) is 46.2 Å². The topological polar surface area (TPSA) is 46.5 Å². The monoisotopic (exact) mass is 588 g/mol. The van der Waals surface area contributed by atoms with Crippen molar-refractivity contribution in [3.05, 3.63) is 35.9 Å². The van der Waals surface area contributed by atoms with Crippen molar-refractivity contribution in [2.75, 3.05) is 0 Å². The molecule has 1 aromatic rings. The Morgan fingerprint density at radius 3 is 1.80 bits per heavy atom. The van der Waals surface area contributed by atoms with Crippen LogP contribution in [0.1, 0.15) is 64.4 Å². The molecule has 0 spiro atoms. The van der Waals surface area contributed by atoms with E-state index in [2.05, 4.69) is 0 Å². The minimum Gasteiger partial charge on any atom is -0.456 e. The molecule has 4 bridgehead atoms. The highest BCUT2D eigenvalue weighted by Gasteiger charge is 2.82. The van der Waals surface area contributed by atoms with Crippen LogP contribution in [0.4, 0.5) is 39.5 Å². The van der Waals surface area contributed by atoms with Crippen LogP contribution in [0.3, 0.4) is 0 Å². The molecule has 0 radical (unpaired) electrons. The average molecular weight is 589 g/mol. The van der Waals surface area contributed by atoms with Gasteiger partial charge in [0.25, 0.3) is 5.67 Å². The normalized spacial score (nSPS) is 31.6. The van der Waals surface area contributed by atoms with Crippen molar-refractivity contribution in [1.82, 2.24) is 0 Å². The summed E-state index contributed by atoms with van der Waals surface area (Å²) in [5, 5.41) is 11.3. The molecule has 2 unspecified atom stereocenters. The number of esters is 1. The molecule has 226 valence electrons. The van der Waals surface area contributed by atoms with Gasteiger partial charge in [-0.1, -0.05) is 44.2 Å². The fourth-order valence-corrected chi connectivity index (χ4v) is 7.68. The first kappa shape index (κ1) is 31.0. The van der Waals surface area contributed by atoms with E-state index in [0.717, 1.165) is 6.42 Å². The van der Waals surface area contributed by atoms with Gasteiger partial charge in [-0.15, -0.1) is 0 Å². The van der Waals surface area contributed by atoms with Crippen LogP contribution in [0.5, 0.6) is 0 Å². The van der Waals surface area contributed by atoms with Gasteiger partial charge in [-0.3, -0.25) is 0 Å². The number of alkyl halides is 9. The molecule has 0 aromatic heterocycles. The second-order valence-electron chi connectivity index (χ2n) is 12.3. The standard InChI is InChI=1S/C28H33F9O3/c1-16(2)25(20-11-18-10-19(13-20)14-21(25)12-18)40-22(38)23(39,9-8-17-6-4-3-5-7-17)15-24(29,27(32,33)34)26(30,31)28(35,36)37/h3-7,16,18-21,39H,8-15H2,1-2H3. The van der Waals surface area contributed by atoms with E-state index in [1.54, 1.807) is 19.9 Å². The van der Waals surface area contributed by atoms with Gasteiger partial charge in [-0.2, -0.15) is 35.1 Å². The van der Waals surface area contributed by atoms with Crippen LogP contribution in [0.25, 0.3) is 0 Å². The molecule has 5 rings (SSSR count). The highest BCUT2D eigenvalue weighted by molar-refractivity contribution is 5.80. The molecule has 0 heterocycles. The van der Waals surface area contributed by atoms with Gasteiger partial charge in [0.15, 0.2) is 5.60 Å². The van der Waals surface area contributed by atoms with Gasteiger partial charge < -0.3 is 9.84 Å². The third-order valence-corrected chi connectivity index (χ3v) is 9.48. The third-order valence-electron chi connectivity index (χ3n) is 9.48. The van der Waals surface area contributed by atoms with Gasteiger partial charge in [0, 0.05) is 6.42 Å². The van der Waals surface area contributed by atoms with Crippen molar-refractivity contribution in [1.29, 1.82) is 0 Å². The minimum atomic E-state index is -6.96. The number of rotatable bonds is 9. The molecular weight excluding hydrogens is 555 g/mol. The predicted molar refractivity (Wildman–Crippen MR) is 126 cm³/mol. The summed E-state index contributed by atoms with van der Waals surface area (Å²) < 4.78 is 130. The zero-order valence-corrected chi connectivity index (χ0v) is 22.1. The van der Waals surface area contributed by atoms with Gasteiger partial charge in [0.05, 0.1) is 0 Å². The molecule has 0 amide bonds. The lowest BCUT2D eigenvalue weighted by molar-refractivity contribution is -0.389. The molecule has 4 saturated carbocycles. The summed E-state index contributed by atoms with van der Waals surface area (Å²) in [4.78, 5) is 13.6. The Morgan fingerprint density at radius 1 is 0.875 bits per heavy atom. The molecule has 1 aromatic carbocycles. The first-order valence-corrected chi connectivity index (χ1v) is 13.5. The molecule has 0 aliphatic heterocycles. The molecule has 4 aliphatic rings. The van der Waals surface area contributed by atoms with Crippen molar-refractivity contribution in [3.8, 4) is 0 Å². The summed E-state index contributed by atoms with van der Waals surface area (Å²) >= 11 is 0. The van der Waals surface area contributed by atoms with E-state index in [4.69, 9.17) is 4.74 Å². The number of hydrogen-bond acceptors (Lipinski definition) is 3. The van der Waals surface area contributed by atoms with Crippen molar-refractivity contribution < 1.29 is 54.2 Å². The molecule has 4 fully saturated rings. The van der Waals surface area contributed by atoms with Gasteiger partial charge >= 0.3 is 24.2 Å². The third kappa shape index (κ3) is 5.00. The Morgan fingerprint density at radius 2 is 1.38 bits per heavy atom. The van der Waals surface area contributed by atoms with Gasteiger partial charge in [-0.05, 0) is 80.1 Å². The number of carbonyl (C=O) groups is 1. The van der Waals surface area contributed by atoms with E-state index < -0.39 is 66.3 Å². The van der Waals surface area contributed by atoms with Crippen LogP contribution in [0, 0.1) is 29.6 Å². The lowest BCUT2D eigenvalue weighted by Crippen LogP contribution is -2.67. The Balaban J connectivity index is 1.74. The molecular formula is C28H33F9O3. The lowest BCUT2D eigenvalue weighted by Gasteiger charge is -2.62. The summed E-state index contributed by atoms with van der Waals surface area (Å²) in [5.74, 6) is -8.90. The number of halogens is 9. The lowest BCUT2D eigenvalue weighted by atomic mass is 9.47. The maximum absolute atomic E-state index is 15.3. The highest BCUT2D eigenvalue weighted by atomic mass is 19.4. The highest BCUT2D eigenvalue weighted by Crippen LogP contribution is 2.62. The van der Waals surface area contributed by atoms with E-state index >= 15 is 4.39 Å². The maximum atomic E-state index is 15.3. The first-order valence-electron chi connectivity index (χ1n) is 13.5. The minimum absolute atomic E-state index is 0.222. The smallest absolute Gasteiger partial charge is 0.456 e. The quantitative estimate of drug-likeness (QED) is 0.239. The van der Waals surface area contributed by atoms with Crippen LogP contribution < -0.4 is 0 Å². The number of hydrogen-bond donors (Lipinski definition) is 1. The van der Waals surface area contributed by atoms with E-state index in [0.29, 0.717) is 43.1 Å². The second-order valence-corrected chi connectivity index (χ2v) is 12.3. The second kappa shape index (κ2) is 10.1. The summed E-state index contributed by atoms with van der Waals surface area (Å²) in [7, 11) is 0. The molecule has 4 aliphatic carbocycles. The number of ether oxygens (including phenoxy) is 1. The fourth-order valence-electron chi connectivity index (χ4n) is 7.68. The van der Waals surface area contributed by atoms with Gasteiger partial charge in [0.1, 0.15) is 5.60 Å². The van der Waals surface area contributed by atoms with E-state index in [1.165, 1.54) is 24.3 Å². The Hall–Kier alpha value is -1.98. The zero-order chi connectivity index (χ0) is 29.9. The van der Waals surface area contributed by atoms with Crippen LogP contribution in [0.15, 0.2) is 30.3 Å². The maximum Gasteiger partial charge on any atom is 0.457 e. The van der Waals surface area contributed by atoms with Gasteiger partial charge in [-0.25, -0.2) is 9.18 Å². The summed E-state index contributed by atoms with van der Waals surface area (Å²) in [5.41, 5.74) is -10.9. The number of aliphatic hydroxyl groups is 1. The predicted octanol–water partition coefficient (Wildman–Crippen LogP) is 7.60. The van der Waals surface area contributed by atoms with E-state index in [9.17, 15) is 45.0 Å². The largest absolute Gasteiger partial charge is 0.457 e. The average Bonchev–Trinajstić information content (AvgIpc) is 2.83. The molecule has 0 saturated heterocycles. The van der Waals surface area contributed by atoms with Crippen molar-refractivity contribution >= 4 is 5.97 Å². The van der Waals surface area contributed by atoms with Gasteiger partial charge in [0.2, 0.25) is 0 Å². The number of aryl methyl sites for hydroxylation is 1. The number of carbonyl (C=O) groups excluding carboxylic acids is 1. The van der Waals surface area contributed by atoms with E-state index in [-0.39, 0.29) is 11.8 Å². The summed E-state index contributed by atoms with van der Waals surface area (Å²) in [6.07, 6.45) is -14.5. The van der Waals surface area contributed by atoms with Crippen molar-refractivity contribution in [3.63, 3.8) is 0 Å². The molecule has 2 atom stereocenters. The SMILES string of the molecule is CC(C)C1(OC(=O)C(O)(CCc2ccccc2)CC(F)(C(F)(F)F)C(F)(F)C(F)(F)F)C2CC3CC(C2)CC1C3. The molecule has 1 N–H and O–H groups in total. The van der Waals surface area contributed by atoms with E-state index in [1.807, 2.05) is 0 Å². The van der Waals surface area contributed by atoms with Crippen LogP contribution >= 0.6 is 0 Å². The summed E-state index contributed by atoms with van der Waals surface area (Å²) in [6, 6.07) is 7.53. The Kier molecular flexibility index (Phi) is 7.81. The molecule has 3 nitrogen and oxygen atoms in total. The van der Waals surface area contributed by atoms with Crippen molar-refractivity contribution in [2.45, 2.75) is 100 Å².